The fourth-order valence-electron chi connectivity index (χ4n) is 1.23. The Morgan fingerprint density at radius 1 is 1.43 bits per heavy atom. The number of nitro groups is 1. The van der Waals surface area contributed by atoms with Crippen molar-refractivity contribution in [1.29, 1.82) is 0 Å². The molecular weight excluding hydrogens is 284 g/mol. The molecule has 1 rings (SSSR count). The zero-order valence-electron chi connectivity index (χ0n) is 11.2. The van der Waals surface area contributed by atoms with E-state index in [1.54, 1.807) is 0 Å². The van der Waals surface area contributed by atoms with Crippen molar-refractivity contribution in [2.24, 2.45) is 5.10 Å². The van der Waals surface area contributed by atoms with Crippen LogP contribution in [0.2, 0.25) is 0 Å². The molecule has 0 aliphatic rings. The van der Waals surface area contributed by atoms with E-state index in [1.807, 2.05) is 0 Å². The van der Waals surface area contributed by atoms with E-state index in [1.165, 1.54) is 18.3 Å². The number of nitrogens with zero attached hydrogens (tertiary/aromatic N) is 3. The smallest absolute Gasteiger partial charge is 0.354 e. The van der Waals surface area contributed by atoms with Crippen LogP contribution in [0.25, 0.3) is 0 Å². The third-order valence-corrected chi connectivity index (χ3v) is 2.24. The zero-order chi connectivity index (χ0) is 15.8. The molecule has 0 saturated heterocycles. The van der Waals surface area contributed by atoms with Crippen molar-refractivity contribution in [1.82, 2.24) is 4.98 Å². The molecule has 1 heterocycles. The second kappa shape index (κ2) is 7.53. The van der Waals surface area contributed by atoms with E-state index >= 15 is 0 Å². The molecule has 112 valence electrons. The SMILES string of the molecule is COC(=O)C/C(=N/Nc1ncccc1[N+](=O)[O-])C(=O)OC. The molecule has 0 fully saturated rings. The molecule has 0 saturated carbocycles. The maximum absolute atomic E-state index is 11.4. The highest BCUT2D eigenvalue weighted by atomic mass is 16.6. The lowest BCUT2D eigenvalue weighted by molar-refractivity contribution is -0.384. The Labute approximate surface area is 118 Å². The number of hydrogen-bond donors (Lipinski definition) is 1. The molecule has 0 amide bonds. The Bertz CT molecular complexity index is 586. The molecule has 0 atom stereocenters. The van der Waals surface area contributed by atoms with Crippen LogP contribution in [-0.2, 0) is 19.1 Å². The van der Waals surface area contributed by atoms with Crippen LogP contribution in [0, 0.1) is 10.1 Å². The number of hydrogen-bond acceptors (Lipinski definition) is 9. The minimum Gasteiger partial charge on any atom is -0.469 e. The maximum Gasteiger partial charge on any atom is 0.354 e. The lowest BCUT2D eigenvalue weighted by atomic mass is 10.3. The van der Waals surface area contributed by atoms with Gasteiger partial charge in [0.15, 0.2) is 5.71 Å². The molecule has 0 aliphatic heterocycles. The van der Waals surface area contributed by atoms with Crippen molar-refractivity contribution >= 4 is 29.2 Å². The molecule has 0 unspecified atom stereocenters. The van der Waals surface area contributed by atoms with E-state index < -0.39 is 23.3 Å². The minimum absolute atomic E-state index is 0.172. The van der Waals surface area contributed by atoms with E-state index in [0.717, 1.165) is 14.2 Å². The molecule has 10 heteroatoms. The van der Waals surface area contributed by atoms with Crippen molar-refractivity contribution in [2.45, 2.75) is 6.42 Å². The molecule has 1 aromatic rings. The molecular formula is C11H12N4O6. The van der Waals surface area contributed by atoms with Crippen molar-refractivity contribution in [3.63, 3.8) is 0 Å². The average Bonchev–Trinajstić information content (AvgIpc) is 2.50. The number of aromatic nitrogens is 1. The van der Waals surface area contributed by atoms with Crippen LogP contribution >= 0.6 is 0 Å². The number of esters is 2. The van der Waals surface area contributed by atoms with Gasteiger partial charge in [-0.1, -0.05) is 0 Å². The first-order valence-corrected chi connectivity index (χ1v) is 5.56. The Hall–Kier alpha value is -3.04. The summed E-state index contributed by atoms with van der Waals surface area (Å²) < 4.78 is 8.86. The summed E-state index contributed by atoms with van der Waals surface area (Å²) in [7, 11) is 2.26. The number of nitrogens with one attached hydrogen (secondary N) is 1. The van der Waals surface area contributed by atoms with Crippen molar-refractivity contribution < 1.29 is 24.0 Å². The lowest BCUT2D eigenvalue weighted by Crippen LogP contribution is -2.22. The van der Waals surface area contributed by atoms with Gasteiger partial charge in [0.25, 0.3) is 0 Å². The predicted molar refractivity (Wildman–Crippen MR) is 70.6 cm³/mol. The van der Waals surface area contributed by atoms with E-state index in [0.29, 0.717) is 0 Å². The zero-order valence-corrected chi connectivity index (χ0v) is 11.2. The molecule has 10 nitrogen and oxygen atoms in total. The van der Waals surface area contributed by atoms with Gasteiger partial charge in [-0.3, -0.25) is 20.3 Å². The fourth-order valence-corrected chi connectivity index (χ4v) is 1.23. The molecule has 0 radical (unpaired) electrons. The summed E-state index contributed by atoms with van der Waals surface area (Å²) in [5, 5.41) is 14.4. The monoisotopic (exact) mass is 296 g/mol. The number of methoxy groups -OCH3 is 2. The minimum atomic E-state index is -0.869. The third kappa shape index (κ3) is 4.53. The summed E-state index contributed by atoms with van der Waals surface area (Å²) in [6.45, 7) is 0. The molecule has 1 aromatic heterocycles. The highest BCUT2D eigenvalue weighted by Crippen LogP contribution is 2.20. The summed E-state index contributed by atoms with van der Waals surface area (Å²) in [5.41, 5.74) is 1.63. The summed E-state index contributed by atoms with van der Waals surface area (Å²) in [5.74, 6) is -1.75. The van der Waals surface area contributed by atoms with Crippen molar-refractivity contribution in [3.8, 4) is 0 Å². The highest BCUT2D eigenvalue weighted by molar-refractivity contribution is 6.39. The molecule has 1 N–H and O–H groups in total. The number of hydrazone groups is 1. The average molecular weight is 296 g/mol. The fraction of sp³-hybridized carbons (Fsp3) is 0.273. The first-order valence-electron chi connectivity index (χ1n) is 5.56. The number of ether oxygens (including phenoxy) is 2. The normalized spacial score (nSPS) is 10.7. The van der Waals surface area contributed by atoms with E-state index in [2.05, 4.69) is 25.0 Å². The molecule has 0 aliphatic carbocycles. The van der Waals surface area contributed by atoms with Crippen LogP contribution in [0.15, 0.2) is 23.4 Å². The van der Waals surface area contributed by atoms with Gasteiger partial charge in [-0.05, 0) is 6.07 Å². The Kier molecular flexibility index (Phi) is 5.74. The number of carbonyl (C=O) groups excluding carboxylic acids is 2. The lowest BCUT2D eigenvalue weighted by Gasteiger charge is -2.05. The van der Waals surface area contributed by atoms with Gasteiger partial charge in [-0.15, -0.1) is 0 Å². The summed E-state index contributed by atoms with van der Waals surface area (Å²) in [4.78, 5) is 36.5. The van der Waals surface area contributed by atoms with Crippen LogP contribution in [0.3, 0.4) is 0 Å². The van der Waals surface area contributed by atoms with Gasteiger partial charge in [-0.25, -0.2) is 9.78 Å². The molecule has 0 bridgehead atoms. The molecule has 0 aromatic carbocycles. The van der Waals surface area contributed by atoms with E-state index in [9.17, 15) is 19.7 Å². The van der Waals surface area contributed by atoms with Crippen LogP contribution in [-0.4, -0.2) is 41.8 Å². The van der Waals surface area contributed by atoms with Crippen molar-refractivity contribution in [2.75, 3.05) is 19.6 Å². The standard InChI is InChI=1S/C11H12N4O6/c1-20-9(16)6-7(11(17)21-2)13-14-10-8(15(18)19)4-3-5-12-10/h3-5H,6H2,1-2H3,(H,12,14)/b13-7-. The topological polar surface area (TPSA) is 133 Å². The van der Waals surface area contributed by atoms with Gasteiger partial charge in [0.2, 0.25) is 5.82 Å². The van der Waals surface area contributed by atoms with Crippen LogP contribution in [0.5, 0.6) is 0 Å². The summed E-state index contributed by atoms with van der Waals surface area (Å²) in [6.07, 6.45) is 0.861. The van der Waals surface area contributed by atoms with Gasteiger partial charge in [-0.2, -0.15) is 5.10 Å². The first-order chi connectivity index (χ1) is 9.99. The third-order valence-electron chi connectivity index (χ3n) is 2.24. The molecule has 21 heavy (non-hydrogen) atoms. The predicted octanol–water partition coefficient (Wildman–Crippen LogP) is 0.494. The van der Waals surface area contributed by atoms with Gasteiger partial charge in [0.05, 0.1) is 25.6 Å². The Morgan fingerprint density at radius 3 is 2.71 bits per heavy atom. The Balaban J connectivity index is 3.00. The number of pyridine rings is 1. The molecule has 0 spiro atoms. The number of anilines is 1. The summed E-state index contributed by atoms with van der Waals surface area (Å²) >= 11 is 0. The number of rotatable bonds is 6. The highest BCUT2D eigenvalue weighted by Gasteiger charge is 2.19. The van der Waals surface area contributed by atoms with E-state index in [4.69, 9.17) is 0 Å². The Morgan fingerprint density at radius 2 is 2.14 bits per heavy atom. The quantitative estimate of drug-likeness (QED) is 0.347. The second-order valence-corrected chi connectivity index (χ2v) is 3.54. The van der Waals surface area contributed by atoms with Gasteiger partial charge < -0.3 is 9.47 Å². The van der Waals surface area contributed by atoms with E-state index in [-0.39, 0.29) is 17.2 Å². The van der Waals surface area contributed by atoms with Crippen LogP contribution < -0.4 is 5.43 Å². The largest absolute Gasteiger partial charge is 0.469 e. The van der Waals surface area contributed by atoms with Crippen molar-refractivity contribution in [3.05, 3.63) is 28.4 Å². The van der Waals surface area contributed by atoms with Gasteiger partial charge >= 0.3 is 17.6 Å². The second-order valence-electron chi connectivity index (χ2n) is 3.54. The van der Waals surface area contributed by atoms with Gasteiger partial charge in [0.1, 0.15) is 0 Å². The van der Waals surface area contributed by atoms with Gasteiger partial charge in [0, 0.05) is 12.3 Å². The van der Waals surface area contributed by atoms with Crippen LogP contribution in [0.4, 0.5) is 11.5 Å². The summed E-state index contributed by atoms with van der Waals surface area (Å²) in [6, 6.07) is 2.59. The first kappa shape index (κ1) is 16.0. The number of carbonyl (C=O) groups is 2. The maximum atomic E-state index is 11.4. The van der Waals surface area contributed by atoms with Crippen LogP contribution in [0.1, 0.15) is 6.42 Å².